The van der Waals surface area contributed by atoms with Crippen molar-refractivity contribution in [3.63, 3.8) is 0 Å². The van der Waals surface area contributed by atoms with E-state index in [1.54, 1.807) is 0 Å². The standard InChI is InChI=1S/C24H26BrClN4O2/c25-16-3-1-15(2-4-16)13-20(21-27-18-6-5-17(26)14-19(18)28-21)29-22(31)30-23-7-10-24(32,11-8-23)12-9-23/h1-6,14,20,32H,7-13H2,(H,27,28)(H2,29,30,31)/t20-,23?,24?/m1/s1. The van der Waals surface area contributed by atoms with Gasteiger partial charge < -0.3 is 20.7 Å². The summed E-state index contributed by atoms with van der Waals surface area (Å²) in [6.45, 7) is 0. The van der Waals surface area contributed by atoms with E-state index in [9.17, 15) is 9.90 Å². The molecule has 0 radical (unpaired) electrons. The van der Waals surface area contributed by atoms with E-state index < -0.39 is 5.60 Å². The number of nitrogens with one attached hydrogen (secondary N) is 3. The number of H-pyrrole nitrogens is 1. The van der Waals surface area contributed by atoms with Gasteiger partial charge in [-0.1, -0.05) is 39.7 Å². The predicted octanol–water partition coefficient (Wildman–Crippen LogP) is 5.40. The zero-order valence-electron chi connectivity index (χ0n) is 17.6. The Morgan fingerprint density at radius 3 is 2.50 bits per heavy atom. The molecule has 1 heterocycles. The number of aromatic amines is 1. The summed E-state index contributed by atoms with van der Waals surface area (Å²) in [7, 11) is 0. The van der Waals surface area contributed by atoms with Crippen LogP contribution in [-0.2, 0) is 6.42 Å². The van der Waals surface area contributed by atoms with Crippen molar-refractivity contribution in [2.24, 2.45) is 0 Å². The Labute approximate surface area is 200 Å². The molecule has 1 atom stereocenters. The van der Waals surface area contributed by atoms with Gasteiger partial charge in [0.25, 0.3) is 0 Å². The third-order valence-electron chi connectivity index (χ3n) is 7.04. The second kappa shape index (κ2) is 8.36. The van der Waals surface area contributed by atoms with Crippen LogP contribution in [0.4, 0.5) is 4.79 Å². The maximum Gasteiger partial charge on any atom is 0.315 e. The number of rotatable bonds is 5. The highest BCUT2D eigenvalue weighted by Gasteiger charge is 2.48. The van der Waals surface area contributed by atoms with Gasteiger partial charge in [-0.25, -0.2) is 9.78 Å². The van der Waals surface area contributed by atoms with E-state index in [1.807, 2.05) is 42.5 Å². The van der Waals surface area contributed by atoms with Crippen LogP contribution in [0.1, 0.15) is 56.0 Å². The molecule has 2 aromatic carbocycles. The molecule has 0 saturated heterocycles. The lowest BCUT2D eigenvalue weighted by Crippen LogP contribution is -2.60. The highest BCUT2D eigenvalue weighted by atomic mass is 79.9. The number of halogens is 2. The normalized spacial score (nSPS) is 25.6. The van der Waals surface area contributed by atoms with Crippen molar-refractivity contribution in [1.82, 2.24) is 20.6 Å². The lowest BCUT2D eigenvalue weighted by atomic mass is 9.63. The molecule has 8 heteroatoms. The van der Waals surface area contributed by atoms with Gasteiger partial charge >= 0.3 is 6.03 Å². The largest absolute Gasteiger partial charge is 0.390 e. The Hall–Kier alpha value is -2.09. The molecule has 0 spiro atoms. The maximum absolute atomic E-state index is 13.1. The van der Waals surface area contributed by atoms with Crippen LogP contribution in [0, 0.1) is 0 Å². The number of hydrogen-bond acceptors (Lipinski definition) is 3. The number of carbonyl (C=O) groups excluding carboxylic acids is 1. The van der Waals surface area contributed by atoms with Crippen molar-refractivity contribution in [1.29, 1.82) is 0 Å². The van der Waals surface area contributed by atoms with Gasteiger partial charge in [0.15, 0.2) is 0 Å². The second-order valence-corrected chi connectivity index (χ2v) is 10.6. The Morgan fingerprint density at radius 2 is 1.81 bits per heavy atom. The topological polar surface area (TPSA) is 90.0 Å². The van der Waals surface area contributed by atoms with E-state index in [1.165, 1.54) is 0 Å². The van der Waals surface area contributed by atoms with E-state index in [0.29, 0.717) is 17.3 Å². The Kier molecular flexibility index (Phi) is 5.68. The van der Waals surface area contributed by atoms with E-state index in [-0.39, 0.29) is 17.6 Å². The molecule has 3 aliphatic rings. The van der Waals surface area contributed by atoms with Gasteiger partial charge in [-0.2, -0.15) is 0 Å². The minimum absolute atomic E-state index is 0.196. The molecule has 0 aliphatic heterocycles. The molecule has 2 amide bonds. The molecule has 0 unspecified atom stereocenters. The van der Waals surface area contributed by atoms with Gasteiger partial charge in [0.05, 0.1) is 22.7 Å². The molecule has 4 N–H and O–H groups in total. The van der Waals surface area contributed by atoms with Crippen LogP contribution < -0.4 is 10.6 Å². The zero-order chi connectivity index (χ0) is 22.3. The molecule has 6 nitrogen and oxygen atoms in total. The number of carbonyl (C=O) groups is 1. The van der Waals surface area contributed by atoms with Gasteiger partial charge in [0.2, 0.25) is 0 Å². The summed E-state index contributed by atoms with van der Waals surface area (Å²) in [6, 6.07) is 13.1. The van der Waals surface area contributed by atoms with Crippen LogP contribution in [0.2, 0.25) is 5.02 Å². The van der Waals surface area contributed by atoms with Crippen LogP contribution in [0.15, 0.2) is 46.9 Å². The van der Waals surface area contributed by atoms with E-state index in [0.717, 1.165) is 59.6 Å². The maximum atomic E-state index is 13.1. The van der Waals surface area contributed by atoms with E-state index in [4.69, 9.17) is 16.6 Å². The van der Waals surface area contributed by atoms with Crippen LogP contribution >= 0.6 is 27.5 Å². The number of urea groups is 1. The lowest BCUT2D eigenvalue weighted by molar-refractivity contribution is -0.0694. The molecule has 3 saturated carbocycles. The van der Waals surface area contributed by atoms with Crippen molar-refractivity contribution >= 4 is 44.6 Å². The average molecular weight is 518 g/mol. The third-order valence-corrected chi connectivity index (χ3v) is 7.80. The first-order valence-electron chi connectivity index (χ1n) is 11.0. The molecule has 32 heavy (non-hydrogen) atoms. The number of benzene rings is 2. The van der Waals surface area contributed by atoms with Crippen molar-refractivity contribution in [3.05, 3.63) is 63.3 Å². The van der Waals surface area contributed by atoms with Crippen LogP contribution in [-0.4, -0.2) is 32.2 Å². The zero-order valence-corrected chi connectivity index (χ0v) is 20.0. The average Bonchev–Trinajstić information content (AvgIpc) is 3.19. The highest BCUT2D eigenvalue weighted by molar-refractivity contribution is 9.10. The van der Waals surface area contributed by atoms with Crippen molar-refractivity contribution < 1.29 is 9.90 Å². The number of aliphatic hydroxyl groups is 1. The molecule has 3 aliphatic carbocycles. The fourth-order valence-corrected chi connectivity index (χ4v) is 5.46. The monoisotopic (exact) mass is 516 g/mol. The van der Waals surface area contributed by atoms with Crippen LogP contribution in [0.25, 0.3) is 11.0 Å². The molecule has 6 rings (SSSR count). The number of aromatic nitrogens is 2. The molecule has 1 aromatic heterocycles. The summed E-state index contributed by atoms with van der Waals surface area (Å²) in [5.74, 6) is 0.694. The van der Waals surface area contributed by atoms with Crippen LogP contribution in [0.3, 0.4) is 0 Å². The number of imidazole rings is 1. The van der Waals surface area contributed by atoms with E-state index in [2.05, 4.69) is 31.5 Å². The Morgan fingerprint density at radius 1 is 1.12 bits per heavy atom. The van der Waals surface area contributed by atoms with E-state index >= 15 is 0 Å². The van der Waals surface area contributed by atoms with Gasteiger partial charge in [-0.15, -0.1) is 0 Å². The highest BCUT2D eigenvalue weighted by Crippen LogP contribution is 2.46. The summed E-state index contributed by atoms with van der Waals surface area (Å²) in [5, 5.41) is 17.5. The molecular weight excluding hydrogens is 492 g/mol. The minimum Gasteiger partial charge on any atom is -0.390 e. The van der Waals surface area contributed by atoms with Gasteiger partial charge in [0, 0.05) is 15.0 Å². The predicted molar refractivity (Wildman–Crippen MR) is 129 cm³/mol. The van der Waals surface area contributed by atoms with Crippen molar-refractivity contribution in [2.45, 2.75) is 62.1 Å². The summed E-state index contributed by atoms with van der Waals surface area (Å²) in [4.78, 5) is 21.2. The number of hydrogen-bond donors (Lipinski definition) is 4. The fraction of sp³-hybridized carbons (Fsp3) is 0.417. The third kappa shape index (κ3) is 4.51. The smallest absolute Gasteiger partial charge is 0.315 e. The van der Waals surface area contributed by atoms with Gasteiger partial charge in [0.1, 0.15) is 5.82 Å². The van der Waals surface area contributed by atoms with Crippen LogP contribution in [0.5, 0.6) is 0 Å². The van der Waals surface area contributed by atoms with Gasteiger partial charge in [-0.05, 0) is 80.8 Å². The Bertz CT molecular complexity index is 1120. The first-order valence-corrected chi connectivity index (χ1v) is 12.2. The molecule has 2 bridgehead atoms. The minimum atomic E-state index is -0.528. The molecular formula is C24H26BrClN4O2. The number of fused-ring (bicyclic) bond motifs is 4. The van der Waals surface area contributed by atoms with Crippen molar-refractivity contribution in [3.8, 4) is 0 Å². The number of nitrogens with zero attached hydrogens (tertiary/aromatic N) is 1. The number of amides is 2. The summed E-state index contributed by atoms with van der Waals surface area (Å²) < 4.78 is 1.01. The van der Waals surface area contributed by atoms with Crippen molar-refractivity contribution in [2.75, 3.05) is 0 Å². The van der Waals surface area contributed by atoms with Gasteiger partial charge in [-0.3, -0.25) is 0 Å². The lowest BCUT2D eigenvalue weighted by Gasteiger charge is -2.51. The fourth-order valence-electron chi connectivity index (χ4n) is 5.03. The molecule has 168 valence electrons. The first kappa shape index (κ1) is 21.7. The summed E-state index contributed by atoms with van der Waals surface area (Å²) in [6.07, 6.45) is 5.30. The molecule has 3 fully saturated rings. The second-order valence-electron chi connectivity index (χ2n) is 9.27. The SMILES string of the molecule is O=C(N[C@H](Cc1ccc(Br)cc1)c1nc2ccc(Cl)cc2[nH]1)NC12CCC(O)(CC1)CC2. The molecule has 3 aromatic rings. The summed E-state index contributed by atoms with van der Waals surface area (Å²) >= 11 is 9.62. The quantitative estimate of drug-likeness (QED) is 0.365. The first-order chi connectivity index (χ1) is 15.3. The summed E-state index contributed by atoms with van der Waals surface area (Å²) in [5.41, 5.74) is 1.99. The Balaban J connectivity index is 1.37.